The van der Waals surface area contributed by atoms with E-state index in [4.69, 9.17) is 4.18 Å². The van der Waals surface area contributed by atoms with Crippen molar-refractivity contribution in [2.45, 2.75) is 54.9 Å². The molecule has 0 saturated heterocycles. The summed E-state index contributed by atoms with van der Waals surface area (Å²) in [6.45, 7) is 9.13. The lowest BCUT2D eigenvalue weighted by atomic mass is 9.92. The fraction of sp³-hybridized carbons (Fsp3) is 0.619. The summed E-state index contributed by atoms with van der Waals surface area (Å²) in [6, 6.07) is 9.70. The quantitative estimate of drug-likeness (QED) is 0.577. The molecule has 0 unspecified atom stereocenters. The summed E-state index contributed by atoms with van der Waals surface area (Å²) >= 11 is 0. The lowest BCUT2D eigenvalue weighted by Crippen LogP contribution is -2.21. The average Bonchev–Trinajstić information content (AvgIpc) is 2.53. The third kappa shape index (κ3) is 15.2. The number of carbonyl (C=O) groups excluding carboxylic acids is 2. The van der Waals surface area contributed by atoms with E-state index in [2.05, 4.69) is 0 Å². The highest BCUT2D eigenvalue weighted by molar-refractivity contribution is 7.85. The Bertz CT molecular complexity index is 648. The van der Waals surface area contributed by atoms with E-state index in [-0.39, 0.29) is 43.4 Å². The first-order valence-corrected chi connectivity index (χ1v) is 10.7. The minimum atomic E-state index is -3.48. The summed E-state index contributed by atoms with van der Waals surface area (Å²) in [7, 11) is -3.48. The summed E-state index contributed by atoms with van der Waals surface area (Å²) in [5, 5.41) is 0. The van der Waals surface area contributed by atoms with Crippen molar-refractivity contribution in [2.24, 2.45) is 17.8 Å². The molecule has 0 radical (unpaired) electrons. The molecule has 27 heavy (non-hydrogen) atoms. The lowest BCUT2D eigenvalue weighted by molar-refractivity contribution is -0.123. The van der Waals surface area contributed by atoms with Gasteiger partial charge < -0.3 is 0 Å². The van der Waals surface area contributed by atoms with Crippen LogP contribution in [0.15, 0.2) is 30.3 Å². The molecule has 0 spiro atoms. The molecule has 0 bridgehead atoms. The molecule has 1 atom stereocenters. The Kier molecular flexibility index (Phi) is 14.0. The van der Waals surface area contributed by atoms with E-state index in [1.54, 1.807) is 6.92 Å². The van der Waals surface area contributed by atoms with E-state index < -0.39 is 10.1 Å². The minimum absolute atomic E-state index is 0. The van der Waals surface area contributed by atoms with Gasteiger partial charge in [0.1, 0.15) is 11.6 Å². The summed E-state index contributed by atoms with van der Waals surface area (Å²) in [5.41, 5.74) is 1.08. The van der Waals surface area contributed by atoms with E-state index in [1.807, 2.05) is 58.0 Å². The molecular formula is C21H36O5S. The zero-order valence-corrected chi connectivity index (χ0v) is 17.5. The Balaban J connectivity index is 0. The Morgan fingerprint density at radius 1 is 1.00 bits per heavy atom. The Labute approximate surface area is 165 Å². The van der Waals surface area contributed by atoms with Gasteiger partial charge in [0.2, 0.25) is 0 Å². The van der Waals surface area contributed by atoms with Gasteiger partial charge in [0.25, 0.3) is 10.1 Å². The van der Waals surface area contributed by atoms with Gasteiger partial charge in [-0.2, -0.15) is 8.42 Å². The molecule has 156 valence electrons. The van der Waals surface area contributed by atoms with Crippen molar-refractivity contribution in [1.82, 2.24) is 0 Å². The second-order valence-electron chi connectivity index (χ2n) is 7.13. The minimum Gasteiger partial charge on any atom is -0.300 e. The monoisotopic (exact) mass is 400 g/mol. The molecule has 0 aromatic heterocycles. The number of hydrogen-bond donors (Lipinski definition) is 0. The van der Waals surface area contributed by atoms with Crippen LogP contribution in [-0.2, 0) is 30.3 Å². The van der Waals surface area contributed by atoms with Gasteiger partial charge in [-0.25, -0.2) is 0 Å². The first-order chi connectivity index (χ1) is 11.9. The molecule has 1 rings (SSSR count). The molecule has 0 fully saturated rings. The van der Waals surface area contributed by atoms with Crippen LogP contribution in [0.4, 0.5) is 0 Å². The maximum atomic E-state index is 11.9. The molecule has 0 saturated carbocycles. The maximum absolute atomic E-state index is 11.9. The third-order valence-corrected chi connectivity index (χ3v) is 4.40. The van der Waals surface area contributed by atoms with E-state index in [1.165, 1.54) is 0 Å². The van der Waals surface area contributed by atoms with Crippen LogP contribution in [0.3, 0.4) is 0 Å². The fourth-order valence-electron chi connectivity index (χ4n) is 1.88. The zero-order chi connectivity index (χ0) is 20.3. The Hall–Kier alpha value is -1.53. The second-order valence-corrected chi connectivity index (χ2v) is 8.78. The predicted octanol–water partition coefficient (Wildman–Crippen LogP) is 4.30. The van der Waals surface area contributed by atoms with E-state index in [9.17, 15) is 18.0 Å². The summed E-state index contributed by atoms with van der Waals surface area (Å²) in [4.78, 5) is 22.0. The highest BCUT2D eigenvalue weighted by atomic mass is 32.2. The van der Waals surface area contributed by atoms with Crippen LogP contribution in [0.2, 0.25) is 0 Å². The zero-order valence-electron chi connectivity index (χ0n) is 16.7. The first kappa shape index (κ1) is 27.7. The molecule has 0 aliphatic rings. The predicted molar refractivity (Wildman–Crippen MR) is 111 cm³/mol. The Morgan fingerprint density at radius 2 is 1.48 bits per heavy atom. The van der Waals surface area contributed by atoms with Gasteiger partial charge in [-0.05, 0) is 24.8 Å². The Morgan fingerprint density at radius 3 is 1.85 bits per heavy atom. The van der Waals surface area contributed by atoms with Gasteiger partial charge in [0.15, 0.2) is 0 Å². The van der Waals surface area contributed by atoms with Crippen LogP contribution in [0.5, 0.6) is 0 Å². The average molecular weight is 401 g/mol. The summed E-state index contributed by atoms with van der Waals surface area (Å²) < 4.78 is 27.1. The van der Waals surface area contributed by atoms with Gasteiger partial charge in [0, 0.05) is 18.3 Å². The highest BCUT2D eigenvalue weighted by Gasteiger charge is 2.19. The van der Waals surface area contributed by atoms with Crippen LogP contribution in [0.25, 0.3) is 0 Å². The number of ketones is 2. The molecule has 6 heteroatoms. The maximum Gasteiger partial charge on any atom is 0.264 e. The van der Waals surface area contributed by atoms with Gasteiger partial charge in [-0.1, -0.05) is 65.5 Å². The summed E-state index contributed by atoms with van der Waals surface area (Å²) in [6.07, 6.45) is 1.99. The van der Waals surface area contributed by atoms with E-state index in [0.717, 1.165) is 11.8 Å². The highest BCUT2D eigenvalue weighted by Crippen LogP contribution is 2.16. The first-order valence-electron chi connectivity index (χ1n) is 8.83. The third-order valence-electron chi connectivity index (χ3n) is 3.83. The molecule has 0 heterocycles. The van der Waals surface area contributed by atoms with E-state index >= 15 is 0 Å². The van der Waals surface area contributed by atoms with Gasteiger partial charge >= 0.3 is 0 Å². The van der Waals surface area contributed by atoms with Gasteiger partial charge in [-0.3, -0.25) is 13.8 Å². The lowest BCUT2D eigenvalue weighted by Gasteiger charge is -2.17. The van der Waals surface area contributed by atoms with E-state index in [0.29, 0.717) is 12.8 Å². The molecule has 0 N–H and O–H groups in total. The molecule has 1 aromatic rings. The SMILES string of the molecule is C.CC(=O)C(C)C.CC(C)C(=O)C[C@H](COS(C)(=O)=O)Cc1ccccc1. The van der Waals surface area contributed by atoms with Crippen molar-refractivity contribution >= 4 is 21.7 Å². The summed E-state index contributed by atoms with van der Waals surface area (Å²) in [5.74, 6) is 0.427. The van der Waals surface area contributed by atoms with Crippen LogP contribution in [0.1, 0.15) is 54.0 Å². The second kappa shape index (κ2) is 13.6. The van der Waals surface area contributed by atoms with Crippen molar-refractivity contribution in [2.75, 3.05) is 12.9 Å². The molecule has 0 amide bonds. The fourth-order valence-corrected chi connectivity index (χ4v) is 2.32. The molecule has 0 aliphatic carbocycles. The van der Waals surface area contributed by atoms with Crippen LogP contribution in [-0.4, -0.2) is 32.8 Å². The van der Waals surface area contributed by atoms with Gasteiger partial charge in [-0.15, -0.1) is 0 Å². The number of benzene rings is 1. The van der Waals surface area contributed by atoms with Gasteiger partial charge in [0.05, 0.1) is 12.9 Å². The number of hydrogen-bond acceptors (Lipinski definition) is 5. The van der Waals surface area contributed by atoms with Crippen LogP contribution >= 0.6 is 0 Å². The number of carbonyl (C=O) groups is 2. The normalized spacial score (nSPS) is 12.0. The molecule has 1 aromatic carbocycles. The number of rotatable bonds is 9. The smallest absolute Gasteiger partial charge is 0.264 e. The van der Waals surface area contributed by atoms with Crippen molar-refractivity contribution < 1.29 is 22.2 Å². The van der Waals surface area contributed by atoms with Crippen molar-refractivity contribution in [1.29, 1.82) is 0 Å². The van der Waals surface area contributed by atoms with Crippen LogP contribution in [0, 0.1) is 17.8 Å². The van der Waals surface area contributed by atoms with Crippen molar-refractivity contribution in [3.8, 4) is 0 Å². The number of Topliss-reactive ketones (excluding diaryl/α,β-unsaturated/α-hetero) is 2. The molecular weight excluding hydrogens is 364 g/mol. The topological polar surface area (TPSA) is 77.5 Å². The van der Waals surface area contributed by atoms with Crippen molar-refractivity contribution in [3.63, 3.8) is 0 Å². The largest absolute Gasteiger partial charge is 0.300 e. The van der Waals surface area contributed by atoms with Crippen LogP contribution < -0.4 is 0 Å². The van der Waals surface area contributed by atoms with Crippen molar-refractivity contribution in [3.05, 3.63) is 35.9 Å². The molecule has 0 aliphatic heterocycles. The standard InChI is InChI=1S/C15H22O4S.C5H10O.CH4/c1-12(2)15(16)10-14(11-19-20(3,17)18)9-13-7-5-4-6-8-13;1-4(2)5(3)6;/h4-8,12,14H,9-11H2,1-3H3;4H,1-3H3;1H4/t14-;;/m1../s1. The molecule has 5 nitrogen and oxygen atoms in total.